The summed E-state index contributed by atoms with van der Waals surface area (Å²) < 4.78 is 6.35. The topological polar surface area (TPSA) is 79.5 Å². The molecule has 146 valence electrons. The molecule has 0 spiro atoms. The van der Waals surface area contributed by atoms with E-state index < -0.39 is 0 Å². The number of amides is 2. The van der Waals surface area contributed by atoms with Gasteiger partial charge in [0.25, 0.3) is 11.8 Å². The van der Waals surface area contributed by atoms with Crippen LogP contribution < -0.4 is 16.0 Å². The molecule has 0 aliphatic carbocycles. The Hall–Kier alpha value is -2.04. The second-order valence-electron chi connectivity index (χ2n) is 6.31. The lowest BCUT2D eigenvalue weighted by Crippen LogP contribution is -2.34. The van der Waals surface area contributed by atoms with Crippen molar-refractivity contribution in [1.29, 1.82) is 0 Å². The Labute approximate surface area is 182 Å². The predicted octanol–water partition coefficient (Wildman–Crippen LogP) is 3.33. The molecule has 0 saturated carbocycles. The van der Waals surface area contributed by atoms with E-state index in [0.29, 0.717) is 23.4 Å². The molecule has 1 saturated heterocycles. The summed E-state index contributed by atoms with van der Waals surface area (Å²) in [5.74, 6) is -0.457. The lowest BCUT2D eigenvalue weighted by molar-refractivity contribution is 0.0857. The van der Waals surface area contributed by atoms with Crippen molar-refractivity contribution in [2.75, 3.05) is 18.5 Å². The van der Waals surface area contributed by atoms with Crippen LogP contribution in [0.1, 0.15) is 33.6 Å². The van der Waals surface area contributed by atoms with Crippen LogP contribution in [0, 0.1) is 3.57 Å². The number of ether oxygens (including phenoxy) is 1. The molecule has 2 amide bonds. The number of carbonyl (C=O) groups excluding carboxylic acids is 2. The third-order valence-corrected chi connectivity index (χ3v) is 5.39. The van der Waals surface area contributed by atoms with E-state index in [0.717, 1.165) is 23.0 Å². The number of hydrogen-bond donors (Lipinski definition) is 3. The molecule has 2 aromatic carbocycles. The first-order valence-electron chi connectivity index (χ1n) is 8.89. The maximum absolute atomic E-state index is 12.3. The minimum Gasteiger partial charge on any atom is -0.376 e. The van der Waals surface area contributed by atoms with Crippen LogP contribution in [0.3, 0.4) is 0 Å². The SMILES string of the molecule is O=C(NCC1CCCO1)c1cccc(NC(=S)NC(=O)c2ccccc2I)c1. The van der Waals surface area contributed by atoms with Gasteiger partial charge in [0.2, 0.25) is 0 Å². The van der Waals surface area contributed by atoms with Crippen molar-refractivity contribution in [2.45, 2.75) is 18.9 Å². The van der Waals surface area contributed by atoms with Crippen LogP contribution in [0.15, 0.2) is 48.5 Å². The van der Waals surface area contributed by atoms with Gasteiger partial charge < -0.3 is 15.4 Å². The van der Waals surface area contributed by atoms with Gasteiger partial charge in [-0.25, -0.2) is 0 Å². The van der Waals surface area contributed by atoms with Crippen LogP contribution in [-0.4, -0.2) is 36.2 Å². The molecule has 3 rings (SSSR count). The van der Waals surface area contributed by atoms with Crippen LogP contribution in [0.2, 0.25) is 0 Å². The highest BCUT2D eigenvalue weighted by molar-refractivity contribution is 14.1. The average molecular weight is 509 g/mol. The molecular formula is C20H20IN3O3S. The molecule has 0 radical (unpaired) electrons. The first-order chi connectivity index (χ1) is 13.5. The number of hydrogen-bond acceptors (Lipinski definition) is 4. The van der Waals surface area contributed by atoms with E-state index in [2.05, 4.69) is 38.5 Å². The smallest absolute Gasteiger partial charge is 0.258 e. The van der Waals surface area contributed by atoms with E-state index in [-0.39, 0.29) is 23.0 Å². The van der Waals surface area contributed by atoms with Crippen LogP contribution >= 0.6 is 34.8 Å². The van der Waals surface area contributed by atoms with Crippen molar-refractivity contribution >= 4 is 57.4 Å². The minimum absolute atomic E-state index is 0.0915. The van der Waals surface area contributed by atoms with Gasteiger partial charge in [0, 0.05) is 28.0 Å². The highest BCUT2D eigenvalue weighted by atomic mass is 127. The van der Waals surface area contributed by atoms with Crippen LogP contribution in [0.25, 0.3) is 0 Å². The molecule has 28 heavy (non-hydrogen) atoms. The minimum atomic E-state index is -0.284. The number of carbonyl (C=O) groups is 2. The molecule has 0 bridgehead atoms. The molecule has 1 aliphatic heterocycles. The number of anilines is 1. The monoisotopic (exact) mass is 509 g/mol. The van der Waals surface area contributed by atoms with E-state index in [4.69, 9.17) is 17.0 Å². The Morgan fingerprint density at radius 3 is 2.71 bits per heavy atom. The van der Waals surface area contributed by atoms with E-state index in [9.17, 15) is 9.59 Å². The number of nitrogens with one attached hydrogen (secondary N) is 3. The summed E-state index contributed by atoms with van der Waals surface area (Å²) in [7, 11) is 0. The summed E-state index contributed by atoms with van der Waals surface area (Å²) in [6.45, 7) is 1.26. The van der Waals surface area contributed by atoms with Gasteiger partial charge in [-0.15, -0.1) is 0 Å². The molecule has 1 fully saturated rings. The van der Waals surface area contributed by atoms with E-state index in [1.165, 1.54) is 0 Å². The van der Waals surface area contributed by atoms with Gasteiger partial charge in [-0.3, -0.25) is 14.9 Å². The zero-order valence-electron chi connectivity index (χ0n) is 15.0. The van der Waals surface area contributed by atoms with Gasteiger partial charge in [0.1, 0.15) is 0 Å². The first kappa shape index (κ1) is 20.7. The molecular weight excluding hydrogens is 489 g/mol. The number of halogens is 1. The molecule has 3 N–H and O–H groups in total. The summed E-state index contributed by atoms with van der Waals surface area (Å²) >= 11 is 7.33. The van der Waals surface area contributed by atoms with Crippen LogP contribution in [0.5, 0.6) is 0 Å². The van der Waals surface area contributed by atoms with Gasteiger partial charge in [0.05, 0.1) is 11.7 Å². The normalized spacial score (nSPS) is 15.7. The Morgan fingerprint density at radius 1 is 1.14 bits per heavy atom. The zero-order chi connectivity index (χ0) is 19.9. The van der Waals surface area contributed by atoms with Gasteiger partial charge in [-0.05, 0) is 78.0 Å². The lowest BCUT2D eigenvalue weighted by Gasteiger charge is -2.13. The molecule has 6 nitrogen and oxygen atoms in total. The van der Waals surface area contributed by atoms with Gasteiger partial charge in [-0.1, -0.05) is 18.2 Å². The molecule has 8 heteroatoms. The Morgan fingerprint density at radius 2 is 1.96 bits per heavy atom. The van der Waals surface area contributed by atoms with Crippen LogP contribution in [-0.2, 0) is 4.74 Å². The highest BCUT2D eigenvalue weighted by Gasteiger charge is 2.17. The second kappa shape index (κ2) is 9.94. The number of thiocarbonyl (C=S) groups is 1. The molecule has 1 atom stereocenters. The summed E-state index contributed by atoms with van der Waals surface area (Å²) in [5.41, 5.74) is 1.68. The van der Waals surface area contributed by atoms with E-state index >= 15 is 0 Å². The van der Waals surface area contributed by atoms with Crippen molar-refractivity contribution in [3.63, 3.8) is 0 Å². The second-order valence-corrected chi connectivity index (χ2v) is 7.88. The summed E-state index contributed by atoms with van der Waals surface area (Å²) in [5, 5.41) is 8.66. The van der Waals surface area contributed by atoms with Crippen LogP contribution in [0.4, 0.5) is 5.69 Å². The number of rotatable bonds is 5. The molecule has 1 aliphatic rings. The predicted molar refractivity (Wildman–Crippen MR) is 121 cm³/mol. The Balaban J connectivity index is 1.56. The number of benzene rings is 2. The van der Waals surface area contributed by atoms with Gasteiger partial charge in [-0.2, -0.15) is 0 Å². The van der Waals surface area contributed by atoms with Gasteiger partial charge >= 0.3 is 0 Å². The van der Waals surface area contributed by atoms with Crippen molar-refractivity contribution in [1.82, 2.24) is 10.6 Å². The Bertz CT molecular complexity index is 885. The van der Waals surface area contributed by atoms with Gasteiger partial charge in [0.15, 0.2) is 5.11 Å². The summed E-state index contributed by atoms with van der Waals surface area (Å²) in [6, 6.07) is 14.2. The lowest BCUT2D eigenvalue weighted by atomic mass is 10.1. The van der Waals surface area contributed by atoms with Crippen molar-refractivity contribution < 1.29 is 14.3 Å². The quantitative estimate of drug-likeness (QED) is 0.426. The van der Waals surface area contributed by atoms with E-state index in [1.807, 2.05) is 12.1 Å². The maximum Gasteiger partial charge on any atom is 0.258 e. The summed E-state index contributed by atoms with van der Waals surface area (Å²) in [4.78, 5) is 24.7. The molecule has 0 aromatic heterocycles. The van der Waals surface area contributed by atoms with E-state index in [1.54, 1.807) is 36.4 Å². The fraction of sp³-hybridized carbons (Fsp3) is 0.250. The molecule has 1 heterocycles. The standard InChI is InChI=1S/C20H20IN3O3S/c21-17-9-2-1-8-16(17)19(26)24-20(28)23-14-6-3-5-13(11-14)18(25)22-12-15-7-4-10-27-15/h1-3,5-6,8-9,11,15H,4,7,10,12H2,(H,22,25)(H2,23,24,26,28). The third kappa shape index (κ3) is 5.73. The summed E-state index contributed by atoms with van der Waals surface area (Å²) in [6.07, 6.45) is 2.09. The van der Waals surface area contributed by atoms with Crippen molar-refractivity contribution in [3.8, 4) is 0 Å². The molecule has 2 aromatic rings. The largest absolute Gasteiger partial charge is 0.376 e. The fourth-order valence-corrected chi connectivity index (χ4v) is 3.67. The zero-order valence-corrected chi connectivity index (χ0v) is 18.0. The highest BCUT2D eigenvalue weighted by Crippen LogP contribution is 2.14. The average Bonchev–Trinajstić information content (AvgIpc) is 3.20. The Kier molecular flexibility index (Phi) is 7.35. The maximum atomic E-state index is 12.3. The fourth-order valence-electron chi connectivity index (χ4n) is 2.83. The molecule has 1 unspecified atom stereocenters. The van der Waals surface area contributed by atoms with Crippen molar-refractivity contribution in [2.24, 2.45) is 0 Å². The van der Waals surface area contributed by atoms with Crippen molar-refractivity contribution in [3.05, 3.63) is 63.2 Å². The third-order valence-electron chi connectivity index (χ3n) is 4.24. The first-order valence-corrected chi connectivity index (χ1v) is 10.4.